The smallest absolute Gasteiger partial charge is 0.312 e. The summed E-state index contributed by atoms with van der Waals surface area (Å²) in [5, 5.41) is 26.0. The third kappa shape index (κ3) is 2.84. The Labute approximate surface area is 174 Å². The van der Waals surface area contributed by atoms with Gasteiger partial charge in [-0.25, -0.2) is 4.98 Å². The van der Waals surface area contributed by atoms with Crippen LogP contribution < -0.4 is 21.3 Å². The van der Waals surface area contributed by atoms with Crippen LogP contribution >= 0.6 is 11.3 Å². The van der Waals surface area contributed by atoms with Crippen molar-refractivity contribution in [1.29, 1.82) is 5.26 Å². The first kappa shape index (κ1) is 19.4. The average Bonchev–Trinajstić information content (AvgIpc) is 3.27. The first-order chi connectivity index (χ1) is 14.3. The number of nitrogens with two attached hydrogens (primary N) is 2. The number of fused-ring (bicyclic) bond motifs is 1. The van der Waals surface area contributed by atoms with Gasteiger partial charge in [0.25, 0.3) is 5.78 Å². The number of aromatic nitrogens is 3. The van der Waals surface area contributed by atoms with Crippen molar-refractivity contribution in [2.45, 2.75) is 19.8 Å². The minimum Gasteiger partial charge on any atom is -0.539 e. The van der Waals surface area contributed by atoms with Crippen molar-refractivity contribution in [2.24, 2.45) is 0 Å². The molecule has 10 heteroatoms. The van der Waals surface area contributed by atoms with Crippen molar-refractivity contribution < 1.29 is 19.1 Å². The molecule has 0 saturated heterocycles. The number of rotatable bonds is 4. The van der Waals surface area contributed by atoms with Crippen LogP contribution in [0.2, 0.25) is 0 Å². The summed E-state index contributed by atoms with van der Waals surface area (Å²) in [5.41, 5.74) is 13.5. The van der Waals surface area contributed by atoms with Crippen molar-refractivity contribution in [3.63, 3.8) is 0 Å². The van der Waals surface area contributed by atoms with Crippen molar-refractivity contribution in [3.8, 4) is 17.7 Å². The van der Waals surface area contributed by atoms with Crippen LogP contribution in [0.25, 0.3) is 15.9 Å². The van der Waals surface area contributed by atoms with Gasteiger partial charge in [-0.15, -0.1) is 11.3 Å². The number of carbonyl (C=O) groups is 1. The van der Waals surface area contributed by atoms with E-state index < -0.39 is 11.7 Å². The quantitative estimate of drug-likeness (QED) is 0.375. The van der Waals surface area contributed by atoms with E-state index in [0.717, 1.165) is 16.0 Å². The summed E-state index contributed by atoms with van der Waals surface area (Å²) in [6.07, 6.45) is 0. The minimum atomic E-state index is -0.880. The van der Waals surface area contributed by atoms with Gasteiger partial charge in [-0.2, -0.15) is 5.26 Å². The van der Waals surface area contributed by atoms with Gasteiger partial charge in [-0.3, -0.25) is 4.79 Å². The summed E-state index contributed by atoms with van der Waals surface area (Å²) in [6, 6.07) is 10.7. The number of para-hydroxylation sites is 1. The molecular weight excluding hydrogens is 404 g/mol. The number of thiophene rings is 1. The lowest BCUT2D eigenvalue weighted by atomic mass is 9.94. The maximum Gasteiger partial charge on any atom is 0.312 e. The van der Waals surface area contributed by atoms with E-state index in [2.05, 4.69) is 16.3 Å². The number of ketones is 1. The van der Waals surface area contributed by atoms with E-state index in [1.807, 2.05) is 13.8 Å². The number of anilines is 2. The molecule has 0 aliphatic carbocycles. The van der Waals surface area contributed by atoms with E-state index >= 15 is 0 Å². The van der Waals surface area contributed by atoms with Crippen LogP contribution in [0.5, 0.6) is 5.95 Å². The van der Waals surface area contributed by atoms with Gasteiger partial charge < -0.3 is 21.1 Å². The largest absolute Gasteiger partial charge is 0.539 e. The summed E-state index contributed by atoms with van der Waals surface area (Å²) in [6.45, 7) is 3.79. The molecule has 0 unspecified atom stereocenters. The van der Waals surface area contributed by atoms with E-state index in [-0.39, 0.29) is 33.6 Å². The number of nitriles is 1. The van der Waals surface area contributed by atoms with E-state index in [1.54, 1.807) is 30.3 Å². The second-order valence-electron chi connectivity index (χ2n) is 6.86. The maximum atomic E-state index is 13.3. The first-order valence-electron chi connectivity index (χ1n) is 8.95. The number of nitrogen functional groups attached to an aromatic ring is 2. The molecule has 3 heterocycles. The summed E-state index contributed by atoms with van der Waals surface area (Å²) < 4.78 is 5.89. The Kier molecular flexibility index (Phi) is 4.60. The molecule has 0 spiro atoms. The Morgan fingerprint density at radius 2 is 2.00 bits per heavy atom. The molecule has 3 aromatic heterocycles. The second-order valence-corrected chi connectivity index (χ2v) is 7.86. The van der Waals surface area contributed by atoms with E-state index in [0.29, 0.717) is 21.5 Å². The van der Waals surface area contributed by atoms with Gasteiger partial charge in [0.05, 0.1) is 16.5 Å². The third-order valence-corrected chi connectivity index (χ3v) is 5.76. The average molecular weight is 420 g/mol. The van der Waals surface area contributed by atoms with Crippen LogP contribution in [0.1, 0.15) is 46.3 Å². The molecule has 0 aliphatic heterocycles. The van der Waals surface area contributed by atoms with Crippen molar-refractivity contribution in [3.05, 3.63) is 52.0 Å². The third-order valence-electron chi connectivity index (χ3n) is 4.67. The maximum absolute atomic E-state index is 13.3. The summed E-state index contributed by atoms with van der Waals surface area (Å²) in [5.74, 6) is -1.54. The Hall–Kier alpha value is -3.97. The zero-order chi connectivity index (χ0) is 21.6. The molecule has 9 nitrogen and oxygen atoms in total. The lowest BCUT2D eigenvalue weighted by Crippen LogP contribution is -2.39. The number of nitrogens with zero attached hydrogens (tertiary/aromatic N) is 4. The van der Waals surface area contributed by atoms with Gasteiger partial charge in [0.15, 0.2) is 5.95 Å². The number of hydrogen-bond donors (Lipinski definition) is 2. The van der Waals surface area contributed by atoms with Gasteiger partial charge in [0, 0.05) is 17.5 Å². The molecule has 0 bridgehead atoms. The van der Waals surface area contributed by atoms with Gasteiger partial charge in [-0.05, 0) is 16.2 Å². The lowest BCUT2D eigenvalue weighted by molar-refractivity contribution is -0.672. The number of benzene rings is 1. The predicted molar refractivity (Wildman–Crippen MR) is 108 cm³/mol. The number of carbonyl (C=O) groups excluding carboxylic acids is 1. The molecule has 150 valence electrons. The Balaban J connectivity index is 1.96. The minimum absolute atomic E-state index is 0.0720. The molecule has 0 aliphatic rings. The standard InChI is InChI=1S/C20H16N6O3S/c1-9(2)12-11(8-21)18(23)24-19-13(12)14(22)17(30-19)16(27)15-20(28)29-25-26(15)10-6-4-3-5-7-10/h3-7,9H,1-2H3,(H4-,22,23,24,25,27,28). The zero-order valence-corrected chi connectivity index (χ0v) is 16.9. The molecular formula is C20H16N6O3S. The number of pyridine rings is 1. The highest BCUT2D eigenvalue weighted by molar-refractivity contribution is 7.21. The molecule has 0 radical (unpaired) electrons. The van der Waals surface area contributed by atoms with Gasteiger partial charge in [0.1, 0.15) is 21.6 Å². The molecule has 4 N–H and O–H groups in total. The number of hydrogen-bond acceptors (Lipinski definition) is 9. The van der Waals surface area contributed by atoms with E-state index in [9.17, 15) is 15.2 Å². The summed E-state index contributed by atoms with van der Waals surface area (Å²) in [4.78, 5) is 18.1. The molecule has 0 amide bonds. The topological polar surface area (TPSA) is 159 Å². The fourth-order valence-corrected chi connectivity index (χ4v) is 4.41. The van der Waals surface area contributed by atoms with Gasteiger partial charge >= 0.3 is 5.69 Å². The fraction of sp³-hybridized carbons (Fsp3) is 0.150. The highest BCUT2D eigenvalue weighted by Crippen LogP contribution is 2.41. The normalized spacial score (nSPS) is 11.1. The van der Waals surface area contributed by atoms with Gasteiger partial charge in [0.2, 0.25) is 5.69 Å². The molecule has 30 heavy (non-hydrogen) atoms. The van der Waals surface area contributed by atoms with E-state index in [4.69, 9.17) is 16.0 Å². The predicted octanol–water partition coefficient (Wildman–Crippen LogP) is 2.03. The van der Waals surface area contributed by atoms with Crippen molar-refractivity contribution in [1.82, 2.24) is 10.3 Å². The Morgan fingerprint density at radius 1 is 1.30 bits per heavy atom. The molecule has 0 fully saturated rings. The molecule has 1 aromatic carbocycles. The summed E-state index contributed by atoms with van der Waals surface area (Å²) >= 11 is 1.01. The van der Waals surface area contributed by atoms with Gasteiger partial charge in [-0.1, -0.05) is 32.0 Å². The van der Waals surface area contributed by atoms with Crippen molar-refractivity contribution >= 4 is 38.8 Å². The molecule has 0 saturated carbocycles. The summed E-state index contributed by atoms with van der Waals surface area (Å²) in [7, 11) is 0. The SMILES string of the molecule is CC(C)c1c(C#N)c(N)nc2sc(C(=O)c3c([O-])on[n+]3-c3ccccc3)c(N)c12. The fourth-order valence-electron chi connectivity index (χ4n) is 3.35. The Morgan fingerprint density at radius 3 is 2.63 bits per heavy atom. The van der Waals surface area contributed by atoms with Crippen LogP contribution in [0.4, 0.5) is 11.5 Å². The molecule has 0 atom stereocenters. The lowest BCUT2D eigenvalue weighted by Gasteiger charge is -2.12. The first-order valence-corrected chi connectivity index (χ1v) is 9.77. The Bertz CT molecular complexity index is 1330. The van der Waals surface area contributed by atoms with Crippen LogP contribution in [0, 0.1) is 11.3 Å². The monoisotopic (exact) mass is 420 g/mol. The second kappa shape index (κ2) is 7.13. The molecule has 4 rings (SSSR count). The van der Waals surface area contributed by atoms with Crippen LogP contribution in [-0.2, 0) is 0 Å². The van der Waals surface area contributed by atoms with Crippen LogP contribution in [0.3, 0.4) is 0 Å². The van der Waals surface area contributed by atoms with Crippen LogP contribution in [0.15, 0.2) is 34.9 Å². The highest BCUT2D eigenvalue weighted by atomic mass is 32.1. The van der Waals surface area contributed by atoms with E-state index in [1.165, 1.54) is 0 Å². The molecule has 4 aromatic rings. The van der Waals surface area contributed by atoms with Crippen LogP contribution in [-0.4, -0.2) is 16.0 Å². The van der Waals surface area contributed by atoms with Crippen molar-refractivity contribution in [2.75, 3.05) is 11.5 Å². The highest BCUT2D eigenvalue weighted by Gasteiger charge is 2.33. The zero-order valence-electron chi connectivity index (χ0n) is 16.0.